The molecule has 3 fully saturated rings. The number of aliphatic hydroxyl groups excluding tert-OH is 1. The van der Waals surface area contributed by atoms with Gasteiger partial charge in [0.05, 0.1) is 19.8 Å². The second-order valence-corrected chi connectivity index (χ2v) is 7.68. The fraction of sp³-hybridized carbons (Fsp3) is 1.00. The molecule has 1 aliphatic carbocycles. The lowest BCUT2D eigenvalue weighted by atomic mass is 10.2. The molecule has 0 aromatic carbocycles. The molecule has 1 N–H and O–H groups in total. The van der Waals surface area contributed by atoms with E-state index in [4.69, 9.17) is 4.74 Å². The van der Waals surface area contributed by atoms with E-state index in [-0.39, 0.29) is 5.54 Å². The highest BCUT2D eigenvalue weighted by Gasteiger charge is 2.47. The van der Waals surface area contributed by atoms with E-state index in [1.807, 2.05) is 0 Å². The normalized spacial score (nSPS) is 30.7. The van der Waals surface area contributed by atoms with E-state index in [2.05, 4.69) is 33.7 Å². The molecule has 0 spiro atoms. The second-order valence-electron chi connectivity index (χ2n) is 7.68. The van der Waals surface area contributed by atoms with Gasteiger partial charge < -0.3 is 14.7 Å². The molecule has 0 radical (unpaired) electrons. The Balaban J connectivity index is 1.28. The summed E-state index contributed by atoms with van der Waals surface area (Å²) in [7, 11) is 4.40. The van der Waals surface area contributed by atoms with Crippen LogP contribution in [0.1, 0.15) is 12.8 Å². The third-order valence-corrected chi connectivity index (χ3v) is 6.01. The van der Waals surface area contributed by atoms with Gasteiger partial charge in [0.15, 0.2) is 0 Å². The maximum Gasteiger partial charge on any atom is 0.0634 e. The Morgan fingerprint density at radius 3 is 2.43 bits per heavy atom. The number of ether oxygens (including phenoxy) is 1. The Morgan fingerprint density at radius 1 is 1.04 bits per heavy atom. The summed E-state index contributed by atoms with van der Waals surface area (Å²) in [6, 6.07) is 0.532. The molecule has 3 aliphatic rings. The lowest BCUT2D eigenvalue weighted by molar-refractivity contribution is 0.00971. The molecule has 134 valence electrons. The fourth-order valence-electron chi connectivity index (χ4n) is 3.86. The Labute approximate surface area is 141 Å². The summed E-state index contributed by atoms with van der Waals surface area (Å²) in [6.07, 6.45) is 2.35. The smallest absolute Gasteiger partial charge is 0.0634 e. The highest BCUT2D eigenvalue weighted by Crippen LogP contribution is 2.41. The molecule has 1 saturated carbocycles. The van der Waals surface area contributed by atoms with Crippen molar-refractivity contribution in [1.82, 2.24) is 19.6 Å². The molecule has 0 amide bonds. The number of likely N-dealkylation sites (N-methyl/N-ethyl adjacent to an activating group) is 2. The van der Waals surface area contributed by atoms with E-state index in [1.54, 1.807) is 0 Å². The maximum atomic E-state index is 9.53. The lowest BCUT2D eigenvalue weighted by Gasteiger charge is -2.39. The average molecular weight is 326 g/mol. The van der Waals surface area contributed by atoms with Crippen molar-refractivity contribution in [3.8, 4) is 0 Å². The van der Waals surface area contributed by atoms with E-state index in [0.717, 1.165) is 65.6 Å². The van der Waals surface area contributed by atoms with Gasteiger partial charge in [0.2, 0.25) is 0 Å². The zero-order valence-corrected chi connectivity index (χ0v) is 14.9. The van der Waals surface area contributed by atoms with Gasteiger partial charge in [0, 0.05) is 63.9 Å². The zero-order valence-electron chi connectivity index (χ0n) is 14.9. The molecule has 6 nitrogen and oxygen atoms in total. The predicted octanol–water partition coefficient (Wildman–Crippen LogP) is -0.609. The molecule has 0 bridgehead atoms. The van der Waals surface area contributed by atoms with Crippen LogP contribution in [0.25, 0.3) is 0 Å². The summed E-state index contributed by atoms with van der Waals surface area (Å²) in [5.74, 6) is 0. The first kappa shape index (κ1) is 17.6. The maximum absolute atomic E-state index is 9.53. The van der Waals surface area contributed by atoms with E-state index in [9.17, 15) is 5.11 Å². The average Bonchev–Trinajstić information content (AvgIpc) is 3.36. The Kier molecular flexibility index (Phi) is 5.93. The van der Waals surface area contributed by atoms with Crippen LogP contribution in [0.5, 0.6) is 0 Å². The molecule has 2 heterocycles. The van der Waals surface area contributed by atoms with Crippen LogP contribution in [0, 0.1) is 0 Å². The zero-order chi connectivity index (χ0) is 16.3. The summed E-state index contributed by atoms with van der Waals surface area (Å²) in [5.41, 5.74) is 0.153. The SMILES string of the molecule is CN1CCN(C)[C@@H](COCCN2CCN(C3(CO)CC3)CC2)C1. The van der Waals surface area contributed by atoms with Crippen LogP contribution >= 0.6 is 0 Å². The molecule has 3 rings (SSSR count). The third kappa shape index (κ3) is 4.44. The third-order valence-electron chi connectivity index (χ3n) is 6.01. The minimum absolute atomic E-state index is 0.153. The number of hydrogen-bond donors (Lipinski definition) is 1. The Hall–Kier alpha value is -0.240. The highest BCUT2D eigenvalue weighted by atomic mass is 16.5. The first-order valence-corrected chi connectivity index (χ1v) is 9.18. The molecule has 2 aliphatic heterocycles. The van der Waals surface area contributed by atoms with Crippen LogP contribution < -0.4 is 0 Å². The van der Waals surface area contributed by atoms with E-state index in [0.29, 0.717) is 12.6 Å². The van der Waals surface area contributed by atoms with Crippen molar-refractivity contribution in [1.29, 1.82) is 0 Å². The van der Waals surface area contributed by atoms with Crippen molar-refractivity contribution in [2.75, 3.05) is 86.3 Å². The van der Waals surface area contributed by atoms with Gasteiger partial charge in [-0.25, -0.2) is 0 Å². The van der Waals surface area contributed by atoms with Crippen molar-refractivity contribution in [3.63, 3.8) is 0 Å². The van der Waals surface area contributed by atoms with Gasteiger partial charge in [0.1, 0.15) is 0 Å². The van der Waals surface area contributed by atoms with Gasteiger partial charge >= 0.3 is 0 Å². The van der Waals surface area contributed by atoms with Crippen LogP contribution in [0.4, 0.5) is 0 Å². The standard InChI is InChI=1S/C17H34N4O2/c1-18-5-6-19(2)16(13-18)14-23-12-11-20-7-9-21(10-8-20)17(15-22)3-4-17/h16,22H,3-15H2,1-2H3/t16-/m1/s1. The van der Waals surface area contributed by atoms with Gasteiger partial charge in [-0.2, -0.15) is 0 Å². The van der Waals surface area contributed by atoms with Crippen LogP contribution in [0.2, 0.25) is 0 Å². The molecule has 6 heteroatoms. The fourth-order valence-corrected chi connectivity index (χ4v) is 3.86. The summed E-state index contributed by atoms with van der Waals surface area (Å²) in [5, 5.41) is 9.53. The van der Waals surface area contributed by atoms with Crippen molar-refractivity contribution in [2.45, 2.75) is 24.4 Å². The van der Waals surface area contributed by atoms with Crippen molar-refractivity contribution < 1.29 is 9.84 Å². The Bertz CT molecular complexity index is 370. The first-order chi connectivity index (χ1) is 11.1. The van der Waals surface area contributed by atoms with Crippen molar-refractivity contribution >= 4 is 0 Å². The molecule has 0 aromatic heterocycles. The van der Waals surface area contributed by atoms with Crippen molar-refractivity contribution in [2.24, 2.45) is 0 Å². The van der Waals surface area contributed by atoms with Gasteiger partial charge in [-0.3, -0.25) is 14.7 Å². The van der Waals surface area contributed by atoms with Gasteiger partial charge in [-0.1, -0.05) is 0 Å². The van der Waals surface area contributed by atoms with Gasteiger partial charge in [-0.05, 0) is 26.9 Å². The summed E-state index contributed by atoms with van der Waals surface area (Å²) >= 11 is 0. The van der Waals surface area contributed by atoms with Gasteiger partial charge in [0.25, 0.3) is 0 Å². The highest BCUT2D eigenvalue weighted by molar-refractivity contribution is 5.04. The van der Waals surface area contributed by atoms with Crippen molar-refractivity contribution in [3.05, 3.63) is 0 Å². The number of hydrogen-bond acceptors (Lipinski definition) is 6. The van der Waals surface area contributed by atoms with Crippen LogP contribution in [0.15, 0.2) is 0 Å². The predicted molar refractivity (Wildman–Crippen MR) is 91.8 cm³/mol. The molecule has 1 atom stereocenters. The minimum atomic E-state index is 0.153. The van der Waals surface area contributed by atoms with Crippen LogP contribution in [0.3, 0.4) is 0 Å². The molecule has 0 unspecified atom stereocenters. The molecular formula is C17H34N4O2. The molecular weight excluding hydrogens is 292 g/mol. The molecule has 0 aromatic rings. The quantitative estimate of drug-likeness (QED) is 0.630. The molecule has 23 heavy (non-hydrogen) atoms. The largest absolute Gasteiger partial charge is 0.394 e. The Morgan fingerprint density at radius 2 is 1.78 bits per heavy atom. The summed E-state index contributed by atoms with van der Waals surface area (Å²) < 4.78 is 5.96. The number of piperazine rings is 2. The van der Waals surface area contributed by atoms with Crippen LogP contribution in [-0.4, -0.2) is 123 Å². The minimum Gasteiger partial charge on any atom is -0.394 e. The van der Waals surface area contributed by atoms with E-state index >= 15 is 0 Å². The van der Waals surface area contributed by atoms with E-state index < -0.39 is 0 Å². The van der Waals surface area contributed by atoms with Gasteiger partial charge in [-0.15, -0.1) is 0 Å². The summed E-state index contributed by atoms with van der Waals surface area (Å²) in [6.45, 7) is 10.9. The number of aliphatic hydroxyl groups is 1. The lowest BCUT2D eigenvalue weighted by Crippen LogP contribution is -2.53. The second kappa shape index (κ2) is 7.76. The topological polar surface area (TPSA) is 42.4 Å². The van der Waals surface area contributed by atoms with Crippen LogP contribution in [-0.2, 0) is 4.74 Å². The first-order valence-electron chi connectivity index (χ1n) is 9.18. The number of nitrogens with zero attached hydrogens (tertiary/aromatic N) is 4. The monoisotopic (exact) mass is 326 g/mol. The summed E-state index contributed by atoms with van der Waals surface area (Å²) in [4.78, 5) is 9.81. The van der Waals surface area contributed by atoms with E-state index in [1.165, 1.54) is 12.8 Å². The number of rotatable bonds is 7. The molecule has 2 saturated heterocycles.